The van der Waals surface area contributed by atoms with Gasteiger partial charge in [0, 0.05) is 28.6 Å². The lowest BCUT2D eigenvalue weighted by Gasteiger charge is -2.23. The highest BCUT2D eigenvalue weighted by Gasteiger charge is 2.25. The molecule has 0 atom stereocenters. The fourth-order valence-corrected chi connectivity index (χ4v) is 6.17. The third-order valence-electron chi connectivity index (χ3n) is 7.47. The quantitative estimate of drug-likeness (QED) is 0.135. The normalized spacial score (nSPS) is 12.4. The summed E-state index contributed by atoms with van der Waals surface area (Å²) >= 11 is 1.86. The van der Waals surface area contributed by atoms with E-state index in [9.17, 15) is 0 Å². The van der Waals surface area contributed by atoms with Gasteiger partial charge in [-0.2, -0.15) is 9.61 Å². The molecule has 0 aliphatic rings. The monoisotopic (exact) mass is 577 g/mol. The Morgan fingerprint density at radius 3 is 2.20 bits per heavy atom. The van der Waals surface area contributed by atoms with Gasteiger partial charge < -0.3 is 14.4 Å². The fraction of sp³-hybridized carbons (Fsp3) is 0.545. The molecular weight excluding hydrogens is 530 g/mol. The predicted molar refractivity (Wildman–Crippen MR) is 172 cm³/mol. The molecule has 8 heteroatoms. The number of unbranched alkanes of at least 4 members (excludes halogenated alkanes) is 6. The van der Waals surface area contributed by atoms with Crippen molar-refractivity contribution in [1.29, 1.82) is 0 Å². The highest BCUT2D eigenvalue weighted by Crippen LogP contribution is 2.33. The second-order valence-electron chi connectivity index (χ2n) is 11.8. The van der Waals surface area contributed by atoms with Gasteiger partial charge in [-0.05, 0) is 49.2 Å². The summed E-state index contributed by atoms with van der Waals surface area (Å²) in [5.74, 6) is 2.07. The van der Waals surface area contributed by atoms with Gasteiger partial charge in [-0.25, -0.2) is 0 Å². The van der Waals surface area contributed by atoms with E-state index < -0.39 is 0 Å². The first kappa shape index (κ1) is 30.8. The maximum absolute atomic E-state index is 5.65. The Labute approximate surface area is 249 Å². The molecule has 0 radical (unpaired) electrons. The highest BCUT2D eigenvalue weighted by atomic mass is 32.1. The first-order valence-corrected chi connectivity index (χ1v) is 16.0. The standard InChI is InChI=1S/C33H47N5O2S/c1-8-10-12-14-20-37(21-15-13-11-9-2)29-19-17-25(41-29)23-27-30(33(3,4)5)36-38-31(34-35-32(27)38)26-22-24(39-6)16-18-28(26)40-7/h16-19,22-23H,8-15,20-21H2,1-7H3/b27-23-. The number of ether oxygens (including phenoxy) is 2. The van der Waals surface area contributed by atoms with Crippen molar-refractivity contribution in [3.05, 3.63) is 46.1 Å². The number of benzene rings is 1. The lowest BCUT2D eigenvalue weighted by atomic mass is 9.91. The van der Waals surface area contributed by atoms with Crippen LogP contribution in [0.1, 0.15) is 96.6 Å². The number of anilines is 1. The first-order chi connectivity index (χ1) is 19.8. The summed E-state index contributed by atoms with van der Waals surface area (Å²) in [6.07, 6.45) is 12.5. The molecule has 1 aromatic carbocycles. The van der Waals surface area contributed by atoms with Gasteiger partial charge in [0.25, 0.3) is 0 Å². The molecule has 0 aliphatic carbocycles. The summed E-state index contributed by atoms with van der Waals surface area (Å²) in [6.45, 7) is 13.4. The van der Waals surface area contributed by atoms with Crippen LogP contribution in [0.3, 0.4) is 0 Å². The summed E-state index contributed by atoms with van der Waals surface area (Å²) in [5, 5.41) is 16.6. The molecule has 3 aromatic heterocycles. The van der Waals surface area contributed by atoms with Crippen LogP contribution in [0.4, 0.5) is 5.00 Å². The van der Waals surface area contributed by atoms with E-state index in [0.717, 1.165) is 41.0 Å². The van der Waals surface area contributed by atoms with Crippen molar-refractivity contribution in [3.63, 3.8) is 0 Å². The molecule has 7 nitrogen and oxygen atoms in total. The molecule has 4 rings (SSSR count). The molecular formula is C33H47N5O2S. The number of rotatable bonds is 15. The van der Waals surface area contributed by atoms with Crippen LogP contribution in [-0.4, -0.2) is 47.1 Å². The summed E-state index contributed by atoms with van der Waals surface area (Å²) in [7, 11) is 3.32. The number of hydrogen-bond acceptors (Lipinski definition) is 7. The lowest BCUT2D eigenvalue weighted by molar-refractivity contribution is 0.404. The number of aromatic nitrogens is 4. The number of thiophene rings is 1. The van der Waals surface area contributed by atoms with Gasteiger partial charge in [-0.3, -0.25) is 0 Å². The van der Waals surface area contributed by atoms with Crippen LogP contribution in [0.15, 0.2) is 30.3 Å². The van der Waals surface area contributed by atoms with Crippen LogP contribution < -0.4 is 19.6 Å². The molecule has 4 aromatic rings. The zero-order chi connectivity index (χ0) is 29.4. The smallest absolute Gasteiger partial charge is 0.189 e. The van der Waals surface area contributed by atoms with E-state index in [2.05, 4.69) is 67.9 Å². The Morgan fingerprint density at radius 2 is 1.59 bits per heavy atom. The highest BCUT2D eigenvalue weighted by molar-refractivity contribution is 7.16. The number of hydrogen-bond donors (Lipinski definition) is 0. The Hall–Kier alpha value is -3.13. The van der Waals surface area contributed by atoms with E-state index in [1.165, 1.54) is 61.2 Å². The first-order valence-electron chi connectivity index (χ1n) is 15.1. The van der Waals surface area contributed by atoms with Gasteiger partial charge in [0.1, 0.15) is 11.5 Å². The Bertz CT molecular complexity index is 1440. The van der Waals surface area contributed by atoms with Crippen molar-refractivity contribution in [1.82, 2.24) is 19.8 Å². The molecule has 0 spiro atoms. The molecule has 0 saturated heterocycles. The SMILES string of the molecule is CCCCCCN(CCCCCC)c1ccc(/C=c2/c(C(C)(C)C)nn3c(-c4cc(OC)ccc4OC)nnc23)s1. The Kier molecular flexibility index (Phi) is 10.6. The van der Waals surface area contributed by atoms with Crippen molar-refractivity contribution in [2.75, 3.05) is 32.2 Å². The van der Waals surface area contributed by atoms with Crippen LogP contribution in [0.5, 0.6) is 11.5 Å². The second kappa shape index (κ2) is 14.2. The van der Waals surface area contributed by atoms with Gasteiger partial charge in [0.05, 0.1) is 30.5 Å². The zero-order valence-electron chi connectivity index (χ0n) is 26.0. The number of nitrogens with zero attached hydrogens (tertiary/aromatic N) is 5. The maximum atomic E-state index is 5.65. The van der Waals surface area contributed by atoms with Gasteiger partial charge in [-0.15, -0.1) is 21.5 Å². The molecule has 0 saturated carbocycles. The van der Waals surface area contributed by atoms with E-state index in [1.807, 2.05) is 34.1 Å². The largest absolute Gasteiger partial charge is 0.497 e. The summed E-state index contributed by atoms with van der Waals surface area (Å²) in [6, 6.07) is 10.2. The van der Waals surface area contributed by atoms with Crippen LogP contribution >= 0.6 is 11.3 Å². The average molecular weight is 578 g/mol. The van der Waals surface area contributed by atoms with Gasteiger partial charge >= 0.3 is 0 Å². The summed E-state index contributed by atoms with van der Waals surface area (Å²) < 4.78 is 13.0. The third-order valence-corrected chi connectivity index (χ3v) is 8.56. The van der Waals surface area contributed by atoms with Crippen LogP contribution in [0.2, 0.25) is 0 Å². The summed E-state index contributed by atoms with van der Waals surface area (Å²) in [4.78, 5) is 3.80. The molecule has 0 bridgehead atoms. The summed E-state index contributed by atoms with van der Waals surface area (Å²) in [5.41, 5.74) is 2.37. The fourth-order valence-electron chi connectivity index (χ4n) is 5.17. The van der Waals surface area contributed by atoms with E-state index in [0.29, 0.717) is 11.6 Å². The predicted octanol–water partition coefficient (Wildman–Crippen LogP) is 7.68. The topological polar surface area (TPSA) is 64.8 Å². The molecule has 0 amide bonds. The molecule has 0 aliphatic heterocycles. The van der Waals surface area contributed by atoms with Crippen molar-refractivity contribution in [3.8, 4) is 22.9 Å². The van der Waals surface area contributed by atoms with Gasteiger partial charge in [0.2, 0.25) is 0 Å². The minimum absolute atomic E-state index is 0.174. The van der Waals surface area contributed by atoms with Crippen LogP contribution in [-0.2, 0) is 5.41 Å². The van der Waals surface area contributed by atoms with Crippen molar-refractivity contribution in [2.45, 2.75) is 91.4 Å². The molecule has 0 N–H and O–H groups in total. The van der Waals surface area contributed by atoms with E-state index in [4.69, 9.17) is 14.6 Å². The molecule has 222 valence electrons. The Morgan fingerprint density at radius 1 is 0.878 bits per heavy atom. The van der Waals surface area contributed by atoms with Crippen molar-refractivity contribution >= 4 is 28.1 Å². The molecule has 0 fully saturated rings. The van der Waals surface area contributed by atoms with E-state index in [-0.39, 0.29) is 5.41 Å². The van der Waals surface area contributed by atoms with E-state index >= 15 is 0 Å². The average Bonchev–Trinajstić information content (AvgIpc) is 3.68. The van der Waals surface area contributed by atoms with Crippen molar-refractivity contribution < 1.29 is 9.47 Å². The Balaban J connectivity index is 1.73. The molecule has 41 heavy (non-hydrogen) atoms. The minimum atomic E-state index is -0.174. The van der Waals surface area contributed by atoms with Crippen molar-refractivity contribution in [2.24, 2.45) is 0 Å². The van der Waals surface area contributed by atoms with Gasteiger partial charge in [0.15, 0.2) is 11.5 Å². The number of fused-ring (bicyclic) bond motifs is 1. The maximum Gasteiger partial charge on any atom is 0.189 e. The zero-order valence-corrected chi connectivity index (χ0v) is 26.8. The van der Waals surface area contributed by atoms with Crippen LogP contribution in [0, 0.1) is 0 Å². The minimum Gasteiger partial charge on any atom is -0.497 e. The molecule has 0 unspecified atom stereocenters. The third kappa shape index (κ3) is 7.39. The second-order valence-corrected chi connectivity index (χ2v) is 12.9. The molecule has 3 heterocycles. The van der Waals surface area contributed by atoms with Gasteiger partial charge in [-0.1, -0.05) is 73.1 Å². The van der Waals surface area contributed by atoms with E-state index in [1.54, 1.807) is 14.2 Å². The van der Waals surface area contributed by atoms with Crippen LogP contribution in [0.25, 0.3) is 23.1 Å². The lowest BCUT2D eigenvalue weighted by Crippen LogP contribution is -2.24. The number of methoxy groups -OCH3 is 2.